The summed E-state index contributed by atoms with van der Waals surface area (Å²) in [6.07, 6.45) is 6.61. The molecule has 1 aliphatic carbocycles. The van der Waals surface area contributed by atoms with Gasteiger partial charge in [0, 0.05) is 17.8 Å². The van der Waals surface area contributed by atoms with Crippen molar-refractivity contribution in [3.8, 4) is 0 Å². The standard InChI is InChI=1S/C17H21NO/c1-12-8-13(2)10-17(19,9-12)16-5-3-4-14-6-7-18-11-15(14)16/h3-7,11-13,19H,8-10H2,1-2H3. The lowest BCUT2D eigenvalue weighted by Gasteiger charge is -2.39. The highest BCUT2D eigenvalue weighted by atomic mass is 16.3. The second-order valence-electron chi connectivity index (χ2n) is 6.29. The number of nitrogens with zero attached hydrogens (tertiary/aromatic N) is 1. The highest BCUT2D eigenvalue weighted by Crippen LogP contribution is 2.44. The molecule has 1 saturated carbocycles. The Kier molecular flexibility index (Phi) is 3.06. The summed E-state index contributed by atoms with van der Waals surface area (Å²) in [7, 11) is 0. The lowest BCUT2D eigenvalue weighted by Crippen LogP contribution is -2.35. The van der Waals surface area contributed by atoms with E-state index in [9.17, 15) is 5.11 Å². The minimum Gasteiger partial charge on any atom is -0.385 e. The number of fused-ring (bicyclic) bond motifs is 1. The minimum absolute atomic E-state index is 0.570. The van der Waals surface area contributed by atoms with Crippen molar-refractivity contribution in [2.45, 2.75) is 38.7 Å². The zero-order chi connectivity index (χ0) is 13.5. The number of aromatic nitrogens is 1. The summed E-state index contributed by atoms with van der Waals surface area (Å²) in [5.74, 6) is 1.14. The quantitative estimate of drug-likeness (QED) is 0.839. The van der Waals surface area contributed by atoms with Crippen molar-refractivity contribution in [3.05, 3.63) is 42.2 Å². The number of rotatable bonds is 1. The van der Waals surface area contributed by atoms with Gasteiger partial charge in [0.2, 0.25) is 0 Å². The van der Waals surface area contributed by atoms with Crippen LogP contribution in [0.4, 0.5) is 0 Å². The summed E-state index contributed by atoms with van der Waals surface area (Å²) < 4.78 is 0. The Hall–Kier alpha value is -1.41. The molecular weight excluding hydrogens is 234 g/mol. The Morgan fingerprint density at radius 1 is 1.16 bits per heavy atom. The van der Waals surface area contributed by atoms with Crippen molar-refractivity contribution in [1.82, 2.24) is 4.98 Å². The van der Waals surface area contributed by atoms with Crippen molar-refractivity contribution >= 4 is 10.8 Å². The van der Waals surface area contributed by atoms with E-state index < -0.39 is 5.60 Å². The zero-order valence-corrected chi connectivity index (χ0v) is 11.6. The topological polar surface area (TPSA) is 33.1 Å². The van der Waals surface area contributed by atoms with Gasteiger partial charge in [0.05, 0.1) is 5.60 Å². The molecule has 0 spiro atoms. The first-order valence-electron chi connectivity index (χ1n) is 7.14. The van der Waals surface area contributed by atoms with E-state index >= 15 is 0 Å². The second-order valence-corrected chi connectivity index (χ2v) is 6.29. The van der Waals surface area contributed by atoms with Crippen LogP contribution in [0.15, 0.2) is 36.7 Å². The summed E-state index contributed by atoms with van der Waals surface area (Å²) in [4.78, 5) is 4.23. The predicted molar refractivity (Wildman–Crippen MR) is 77.8 cm³/mol. The highest BCUT2D eigenvalue weighted by Gasteiger charge is 2.38. The molecule has 1 aromatic carbocycles. The van der Waals surface area contributed by atoms with Crippen molar-refractivity contribution < 1.29 is 5.11 Å². The van der Waals surface area contributed by atoms with Gasteiger partial charge in [-0.1, -0.05) is 32.0 Å². The third-order valence-corrected chi connectivity index (χ3v) is 4.36. The smallest absolute Gasteiger partial charge is 0.0908 e. The van der Waals surface area contributed by atoms with Crippen LogP contribution in [-0.4, -0.2) is 10.1 Å². The number of hydrogen-bond donors (Lipinski definition) is 1. The summed E-state index contributed by atoms with van der Waals surface area (Å²) in [6.45, 7) is 4.48. The molecule has 0 saturated heterocycles. The van der Waals surface area contributed by atoms with E-state index in [0.29, 0.717) is 11.8 Å². The molecule has 1 fully saturated rings. The van der Waals surface area contributed by atoms with Gasteiger partial charge in [-0.2, -0.15) is 0 Å². The third kappa shape index (κ3) is 2.25. The maximum atomic E-state index is 11.2. The lowest BCUT2D eigenvalue weighted by molar-refractivity contribution is -0.0350. The maximum Gasteiger partial charge on any atom is 0.0908 e. The van der Waals surface area contributed by atoms with Gasteiger partial charge in [-0.3, -0.25) is 4.98 Å². The molecule has 19 heavy (non-hydrogen) atoms. The predicted octanol–water partition coefficient (Wildman–Crippen LogP) is 3.88. The van der Waals surface area contributed by atoms with Gasteiger partial charge in [-0.05, 0) is 48.1 Å². The van der Waals surface area contributed by atoms with Crippen LogP contribution in [-0.2, 0) is 5.60 Å². The van der Waals surface area contributed by atoms with E-state index in [4.69, 9.17) is 0 Å². The van der Waals surface area contributed by atoms with E-state index in [-0.39, 0.29) is 0 Å². The molecule has 1 N–H and O–H groups in total. The monoisotopic (exact) mass is 255 g/mol. The SMILES string of the molecule is CC1CC(C)CC(O)(c2cccc3ccncc23)C1. The lowest BCUT2D eigenvalue weighted by atomic mass is 9.70. The molecule has 0 amide bonds. The first-order chi connectivity index (χ1) is 9.08. The van der Waals surface area contributed by atoms with Gasteiger partial charge in [-0.25, -0.2) is 0 Å². The molecule has 100 valence electrons. The summed E-state index contributed by atoms with van der Waals surface area (Å²) >= 11 is 0. The van der Waals surface area contributed by atoms with Crippen LogP contribution in [0.25, 0.3) is 10.8 Å². The molecular formula is C17H21NO. The molecule has 2 unspecified atom stereocenters. The van der Waals surface area contributed by atoms with Gasteiger partial charge in [0.1, 0.15) is 0 Å². The molecule has 1 aliphatic rings. The minimum atomic E-state index is -0.695. The van der Waals surface area contributed by atoms with E-state index in [0.717, 1.165) is 29.2 Å². The van der Waals surface area contributed by atoms with Gasteiger partial charge in [-0.15, -0.1) is 0 Å². The molecule has 1 heterocycles. The van der Waals surface area contributed by atoms with Crippen LogP contribution in [0, 0.1) is 11.8 Å². The fourth-order valence-electron chi connectivity index (χ4n) is 3.83. The number of pyridine rings is 1. The van der Waals surface area contributed by atoms with Crippen molar-refractivity contribution in [1.29, 1.82) is 0 Å². The van der Waals surface area contributed by atoms with Crippen LogP contribution >= 0.6 is 0 Å². The number of benzene rings is 1. The fourth-order valence-corrected chi connectivity index (χ4v) is 3.83. The largest absolute Gasteiger partial charge is 0.385 e. The van der Waals surface area contributed by atoms with E-state index in [1.807, 2.05) is 24.5 Å². The van der Waals surface area contributed by atoms with Gasteiger partial charge >= 0.3 is 0 Å². The van der Waals surface area contributed by atoms with Crippen LogP contribution in [0.3, 0.4) is 0 Å². The summed E-state index contributed by atoms with van der Waals surface area (Å²) in [5, 5.41) is 13.4. The first-order valence-corrected chi connectivity index (χ1v) is 7.14. The Morgan fingerprint density at radius 2 is 1.89 bits per heavy atom. The number of hydrogen-bond acceptors (Lipinski definition) is 2. The molecule has 2 atom stereocenters. The van der Waals surface area contributed by atoms with Crippen LogP contribution in [0.2, 0.25) is 0 Å². The highest BCUT2D eigenvalue weighted by molar-refractivity contribution is 5.85. The first kappa shape index (κ1) is 12.6. The zero-order valence-electron chi connectivity index (χ0n) is 11.6. The van der Waals surface area contributed by atoms with Gasteiger partial charge < -0.3 is 5.11 Å². The van der Waals surface area contributed by atoms with Gasteiger partial charge in [0.15, 0.2) is 0 Å². The van der Waals surface area contributed by atoms with Crippen molar-refractivity contribution in [2.24, 2.45) is 11.8 Å². The second kappa shape index (κ2) is 4.61. The molecule has 0 radical (unpaired) electrons. The summed E-state index contributed by atoms with van der Waals surface area (Å²) in [5.41, 5.74) is 0.358. The maximum absolute atomic E-state index is 11.2. The van der Waals surface area contributed by atoms with Crippen LogP contribution in [0.5, 0.6) is 0 Å². The molecule has 2 heteroatoms. The van der Waals surface area contributed by atoms with E-state index in [1.165, 1.54) is 6.42 Å². The molecule has 0 aliphatic heterocycles. The molecule has 2 aromatic rings. The Balaban J connectivity index is 2.12. The fraction of sp³-hybridized carbons (Fsp3) is 0.471. The molecule has 3 rings (SSSR count). The normalized spacial score (nSPS) is 31.5. The average molecular weight is 255 g/mol. The Morgan fingerprint density at radius 3 is 2.63 bits per heavy atom. The van der Waals surface area contributed by atoms with E-state index in [2.05, 4.69) is 31.0 Å². The third-order valence-electron chi connectivity index (χ3n) is 4.36. The summed E-state index contributed by atoms with van der Waals surface area (Å²) in [6, 6.07) is 8.20. The molecule has 1 aromatic heterocycles. The van der Waals surface area contributed by atoms with Crippen molar-refractivity contribution in [2.75, 3.05) is 0 Å². The number of aliphatic hydroxyl groups is 1. The van der Waals surface area contributed by atoms with Crippen LogP contribution in [0.1, 0.15) is 38.7 Å². The Labute approximate surface area is 114 Å². The average Bonchev–Trinajstić information content (AvgIpc) is 2.36. The van der Waals surface area contributed by atoms with Crippen LogP contribution < -0.4 is 0 Å². The Bertz CT molecular complexity index is 577. The van der Waals surface area contributed by atoms with Gasteiger partial charge in [0.25, 0.3) is 0 Å². The molecule has 2 nitrogen and oxygen atoms in total. The van der Waals surface area contributed by atoms with Crippen molar-refractivity contribution in [3.63, 3.8) is 0 Å². The van der Waals surface area contributed by atoms with E-state index in [1.54, 1.807) is 0 Å². The molecule has 0 bridgehead atoms.